The van der Waals surface area contributed by atoms with Crippen LogP contribution < -0.4 is 4.74 Å². The first-order valence-corrected chi connectivity index (χ1v) is 6.24. The van der Waals surface area contributed by atoms with Gasteiger partial charge < -0.3 is 9.47 Å². The third kappa shape index (κ3) is 2.81. The van der Waals surface area contributed by atoms with Crippen molar-refractivity contribution in [3.63, 3.8) is 0 Å². The van der Waals surface area contributed by atoms with Crippen molar-refractivity contribution in [2.24, 2.45) is 0 Å². The fourth-order valence-corrected chi connectivity index (χ4v) is 3.00. The van der Waals surface area contributed by atoms with Gasteiger partial charge in [-0.25, -0.2) is 4.79 Å². The van der Waals surface area contributed by atoms with Gasteiger partial charge in [-0.1, -0.05) is 0 Å². The zero-order chi connectivity index (χ0) is 13.2. The molecule has 17 heavy (non-hydrogen) atoms. The molecule has 0 spiro atoms. The van der Waals surface area contributed by atoms with Gasteiger partial charge >= 0.3 is 5.97 Å². The molecule has 0 aliphatic carbocycles. The van der Waals surface area contributed by atoms with Crippen LogP contribution >= 0.6 is 43.5 Å². The van der Waals surface area contributed by atoms with E-state index >= 15 is 0 Å². The van der Waals surface area contributed by atoms with Crippen LogP contribution in [0.1, 0.15) is 20.7 Å². The Bertz CT molecular complexity index is 488. The largest absolute Gasteiger partial charge is 0.494 e. The van der Waals surface area contributed by atoms with Crippen LogP contribution in [-0.4, -0.2) is 25.4 Å². The molecule has 0 radical (unpaired) electrons. The third-order valence-electron chi connectivity index (χ3n) is 1.98. The van der Waals surface area contributed by atoms with E-state index in [2.05, 4.69) is 36.6 Å². The molecule has 1 aromatic rings. The Kier molecular flexibility index (Phi) is 4.97. The summed E-state index contributed by atoms with van der Waals surface area (Å²) in [6.45, 7) is 0. The normalized spacial score (nSPS) is 9.94. The fraction of sp³-hybridized carbons (Fsp3) is 0.200. The Labute approximate surface area is 119 Å². The molecule has 92 valence electrons. The van der Waals surface area contributed by atoms with Gasteiger partial charge in [0.15, 0.2) is 0 Å². The highest BCUT2D eigenvalue weighted by atomic mass is 79.9. The molecule has 0 fully saturated rings. The van der Waals surface area contributed by atoms with Gasteiger partial charge in [-0.15, -0.1) is 0 Å². The summed E-state index contributed by atoms with van der Waals surface area (Å²) in [5.74, 6) is -0.293. The Hall–Kier alpha value is -0.590. The minimum atomic E-state index is -0.755. The van der Waals surface area contributed by atoms with Crippen molar-refractivity contribution in [2.75, 3.05) is 14.2 Å². The molecule has 0 aliphatic heterocycles. The van der Waals surface area contributed by atoms with Gasteiger partial charge in [-0.05, 0) is 49.5 Å². The average molecular weight is 386 g/mol. The van der Waals surface area contributed by atoms with Gasteiger partial charge in [0.25, 0.3) is 5.24 Å². The molecular formula is C10H7Br2ClO4. The van der Waals surface area contributed by atoms with E-state index in [0.717, 1.165) is 0 Å². The number of carbonyl (C=O) groups is 2. The van der Waals surface area contributed by atoms with Crippen molar-refractivity contribution in [1.82, 2.24) is 0 Å². The highest BCUT2D eigenvalue weighted by molar-refractivity contribution is 9.11. The quantitative estimate of drug-likeness (QED) is 0.590. The van der Waals surface area contributed by atoms with Crippen LogP contribution in [0.4, 0.5) is 0 Å². The first-order chi connectivity index (χ1) is 7.93. The lowest BCUT2D eigenvalue weighted by Crippen LogP contribution is -2.10. The van der Waals surface area contributed by atoms with E-state index < -0.39 is 11.2 Å². The molecule has 0 bridgehead atoms. The van der Waals surface area contributed by atoms with Crippen molar-refractivity contribution in [1.29, 1.82) is 0 Å². The van der Waals surface area contributed by atoms with Crippen molar-refractivity contribution in [2.45, 2.75) is 0 Å². The molecule has 1 rings (SSSR count). The molecule has 0 heterocycles. The van der Waals surface area contributed by atoms with Crippen LogP contribution in [-0.2, 0) is 4.74 Å². The fourth-order valence-electron chi connectivity index (χ4n) is 1.24. The number of hydrogen-bond donors (Lipinski definition) is 0. The van der Waals surface area contributed by atoms with Crippen LogP contribution in [0.2, 0.25) is 0 Å². The van der Waals surface area contributed by atoms with E-state index in [1.807, 2.05) is 0 Å². The van der Waals surface area contributed by atoms with Crippen LogP contribution in [0.5, 0.6) is 5.75 Å². The molecule has 0 saturated heterocycles. The maximum Gasteiger partial charge on any atom is 0.339 e. The number of hydrogen-bond acceptors (Lipinski definition) is 4. The zero-order valence-corrected chi connectivity index (χ0v) is 12.8. The summed E-state index contributed by atoms with van der Waals surface area (Å²) in [4.78, 5) is 22.9. The van der Waals surface area contributed by atoms with E-state index in [-0.39, 0.29) is 11.1 Å². The molecule has 0 N–H and O–H groups in total. The minimum Gasteiger partial charge on any atom is -0.494 e. The van der Waals surface area contributed by atoms with Gasteiger partial charge in [0, 0.05) is 0 Å². The molecule has 0 saturated carbocycles. The van der Waals surface area contributed by atoms with Gasteiger partial charge in [-0.3, -0.25) is 4.79 Å². The number of benzene rings is 1. The molecule has 0 aliphatic rings. The lowest BCUT2D eigenvalue weighted by Gasteiger charge is -2.12. The van der Waals surface area contributed by atoms with Gasteiger partial charge in [0.05, 0.1) is 34.3 Å². The molecule has 7 heteroatoms. The van der Waals surface area contributed by atoms with Crippen LogP contribution in [0.15, 0.2) is 15.0 Å². The second kappa shape index (κ2) is 5.84. The second-order valence-electron chi connectivity index (χ2n) is 2.89. The van der Waals surface area contributed by atoms with Gasteiger partial charge in [0.2, 0.25) is 0 Å². The number of rotatable bonds is 3. The molecule has 0 atom stereocenters. The van der Waals surface area contributed by atoms with E-state index in [9.17, 15) is 9.59 Å². The van der Waals surface area contributed by atoms with Gasteiger partial charge in [0.1, 0.15) is 5.75 Å². The molecule has 4 nitrogen and oxygen atoms in total. The number of carbonyl (C=O) groups excluding carboxylic acids is 2. The van der Waals surface area contributed by atoms with E-state index in [1.165, 1.54) is 20.3 Å². The first-order valence-electron chi connectivity index (χ1n) is 4.28. The Balaban J connectivity index is 3.62. The molecule has 1 aromatic carbocycles. The maximum atomic E-state index is 11.6. The SMILES string of the molecule is COC(=O)c1c(C(=O)Cl)cc(Br)c(OC)c1Br. The summed E-state index contributed by atoms with van der Waals surface area (Å²) in [5, 5.41) is -0.755. The number of esters is 1. The van der Waals surface area contributed by atoms with E-state index in [4.69, 9.17) is 16.3 Å². The van der Waals surface area contributed by atoms with Crippen molar-refractivity contribution < 1.29 is 19.1 Å². The van der Waals surface area contributed by atoms with Crippen LogP contribution in [0, 0.1) is 0 Å². The smallest absolute Gasteiger partial charge is 0.339 e. The first kappa shape index (κ1) is 14.5. The monoisotopic (exact) mass is 384 g/mol. The summed E-state index contributed by atoms with van der Waals surface area (Å²) < 4.78 is 10.5. The zero-order valence-electron chi connectivity index (χ0n) is 8.84. The average Bonchev–Trinajstić information content (AvgIpc) is 2.27. The number of halogens is 3. The minimum absolute atomic E-state index is 0.0348. The highest BCUT2D eigenvalue weighted by Crippen LogP contribution is 2.38. The topological polar surface area (TPSA) is 52.6 Å². The number of ether oxygens (including phenoxy) is 2. The molecule has 0 aromatic heterocycles. The molecular weight excluding hydrogens is 379 g/mol. The lowest BCUT2D eigenvalue weighted by atomic mass is 10.1. The van der Waals surface area contributed by atoms with E-state index in [0.29, 0.717) is 14.7 Å². The lowest BCUT2D eigenvalue weighted by molar-refractivity contribution is 0.0596. The Morgan fingerprint density at radius 3 is 2.29 bits per heavy atom. The second-order valence-corrected chi connectivity index (χ2v) is 4.88. The summed E-state index contributed by atoms with van der Waals surface area (Å²) >= 11 is 11.8. The van der Waals surface area contributed by atoms with Crippen molar-refractivity contribution in [3.05, 3.63) is 26.1 Å². The summed E-state index contributed by atoms with van der Waals surface area (Å²) in [5.41, 5.74) is 0.0746. The third-order valence-corrected chi connectivity index (χ3v) is 3.53. The summed E-state index contributed by atoms with van der Waals surface area (Å²) in [6.07, 6.45) is 0. The van der Waals surface area contributed by atoms with Crippen LogP contribution in [0.3, 0.4) is 0 Å². The molecule has 0 unspecified atom stereocenters. The summed E-state index contributed by atoms with van der Waals surface area (Å²) in [7, 11) is 2.65. The standard InChI is InChI=1S/C10H7Br2ClO4/c1-16-8-5(11)3-4(9(13)14)6(7(8)12)10(15)17-2/h3H,1-2H3. The van der Waals surface area contributed by atoms with E-state index in [1.54, 1.807) is 0 Å². The number of methoxy groups -OCH3 is 2. The Morgan fingerprint density at radius 1 is 1.29 bits per heavy atom. The van der Waals surface area contributed by atoms with Crippen molar-refractivity contribution >= 4 is 54.7 Å². The predicted octanol–water partition coefficient (Wildman–Crippen LogP) is 3.39. The predicted molar refractivity (Wildman–Crippen MR) is 69.9 cm³/mol. The van der Waals surface area contributed by atoms with Crippen LogP contribution in [0.25, 0.3) is 0 Å². The molecule has 0 amide bonds. The van der Waals surface area contributed by atoms with Crippen molar-refractivity contribution in [3.8, 4) is 5.75 Å². The maximum absolute atomic E-state index is 11.6. The Morgan fingerprint density at radius 2 is 1.88 bits per heavy atom. The highest BCUT2D eigenvalue weighted by Gasteiger charge is 2.24. The van der Waals surface area contributed by atoms with Gasteiger partial charge in [-0.2, -0.15) is 0 Å². The summed E-state index contributed by atoms with van der Waals surface area (Å²) in [6, 6.07) is 1.41.